The van der Waals surface area contributed by atoms with Crippen LogP contribution >= 0.6 is 0 Å². The molecule has 3 aromatic heterocycles. The normalized spacial score (nSPS) is 20.7. The van der Waals surface area contributed by atoms with Gasteiger partial charge in [0.15, 0.2) is 11.5 Å². The Kier molecular flexibility index (Phi) is 4.48. The van der Waals surface area contributed by atoms with Gasteiger partial charge in [0, 0.05) is 43.6 Å². The van der Waals surface area contributed by atoms with E-state index in [-0.39, 0.29) is 17.7 Å². The Labute approximate surface area is 162 Å². The van der Waals surface area contributed by atoms with Gasteiger partial charge in [0.2, 0.25) is 5.91 Å². The molecule has 0 aromatic carbocycles. The standard InChI is InChI=1S/C20H22N6O2/c27-20(16-7-11-28-13-16)25-9-5-14(6-10-25)19-23-22-18-4-3-17(24-26(18)19)15-2-1-8-21-12-15/h1-4,8,12,14,16H,5-7,9-11,13H2. The van der Waals surface area contributed by atoms with Gasteiger partial charge in [-0.25, -0.2) is 0 Å². The molecule has 144 valence electrons. The van der Waals surface area contributed by atoms with E-state index in [1.807, 2.05) is 33.7 Å². The molecule has 1 atom stereocenters. The lowest BCUT2D eigenvalue weighted by Crippen LogP contribution is -2.41. The van der Waals surface area contributed by atoms with Crippen molar-refractivity contribution in [2.24, 2.45) is 5.92 Å². The summed E-state index contributed by atoms with van der Waals surface area (Å²) in [5.74, 6) is 1.39. The lowest BCUT2D eigenvalue weighted by Gasteiger charge is -2.32. The summed E-state index contributed by atoms with van der Waals surface area (Å²) in [5, 5.41) is 13.4. The zero-order valence-corrected chi connectivity index (χ0v) is 15.6. The molecule has 2 aliphatic rings. The Bertz CT molecular complexity index is 975. The Hall–Kier alpha value is -2.87. The molecule has 0 radical (unpaired) electrons. The minimum Gasteiger partial charge on any atom is -0.381 e. The number of nitrogens with zero attached hydrogens (tertiary/aromatic N) is 6. The fourth-order valence-corrected chi connectivity index (χ4v) is 4.07. The topological polar surface area (TPSA) is 85.5 Å². The third kappa shape index (κ3) is 3.13. The zero-order chi connectivity index (χ0) is 18.9. The molecule has 5 rings (SSSR count). The Balaban J connectivity index is 1.35. The van der Waals surface area contributed by atoms with Gasteiger partial charge in [-0.15, -0.1) is 10.2 Å². The van der Waals surface area contributed by atoms with Crippen molar-refractivity contribution in [1.29, 1.82) is 0 Å². The molecule has 8 nitrogen and oxygen atoms in total. The fourth-order valence-electron chi connectivity index (χ4n) is 4.07. The minimum atomic E-state index is 0.0363. The summed E-state index contributed by atoms with van der Waals surface area (Å²) >= 11 is 0. The van der Waals surface area contributed by atoms with Crippen LogP contribution < -0.4 is 0 Å². The second-order valence-electron chi connectivity index (χ2n) is 7.45. The third-order valence-corrected chi connectivity index (χ3v) is 5.69. The van der Waals surface area contributed by atoms with E-state index >= 15 is 0 Å². The van der Waals surface area contributed by atoms with Crippen LogP contribution in [0.4, 0.5) is 0 Å². The Morgan fingerprint density at radius 3 is 2.75 bits per heavy atom. The second-order valence-corrected chi connectivity index (χ2v) is 7.45. The highest BCUT2D eigenvalue weighted by molar-refractivity contribution is 5.79. The van der Waals surface area contributed by atoms with Crippen LogP contribution in [0.15, 0.2) is 36.7 Å². The number of carbonyl (C=O) groups is 1. The Morgan fingerprint density at radius 2 is 2.00 bits per heavy atom. The number of carbonyl (C=O) groups excluding carboxylic acids is 1. The molecule has 1 amide bonds. The van der Waals surface area contributed by atoms with Crippen LogP contribution in [0.2, 0.25) is 0 Å². The average molecular weight is 378 g/mol. The third-order valence-electron chi connectivity index (χ3n) is 5.69. The van der Waals surface area contributed by atoms with Crippen molar-refractivity contribution < 1.29 is 9.53 Å². The predicted octanol–water partition coefficient (Wildman–Crippen LogP) is 1.93. The first-order valence-electron chi connectivity index (χ1n) is 9.79. The summed E-state index contributed by atoms with van der Waals surface area (Å²) in [7, 11) is 0. The van der Waals surface area contributed by atoms with Crippen molar-refractivity contribution in [3.8, 4) is 11.3 Å². The van der Waals surface area contributed by atoms with E-state index in [4.69, 9.17) is 9.84 Å². The van der Waals surface area contributed by atoms with Crippen molar-refractivity contribution >= 4 is 11.6 Å². The quantitative estimate of drug-likeness (QED) is 0.692. The fraction of sp³-hybridized carbons (Fsp3) is 0.450. The molecule has 1 unspecified atom stereocenters. The van der Waals surface area contributed by atoms with Gasteiger partial charge in [-0.2, -0.15) is 9.61 Å². The van der Waals surface area contributed by atoms with Gasteiger partial charge >= 0.3 is 0 Å². The number of hydrogen-bond donors (Lipinski definition) is 0. The molecule has 0 aliphatic carbocycles. The lowest BCUT2D eigenvalue weighted by molar-refractivity contribution is -0.136. The first-order valence-corrected chi connectivity index (χ1v) is 9.79. The molecule has 3 aromatic rings. The summed E-state index contributed by atoms with van der Waals surface area (Å²) in [6, 6.07) is 7.76. The van der Waals surface area contributed by atoms with Crippen LogP contribution in [0.25, 0.3) is 16.9 Å². The summed E-state index contributed by atoms with van der Waals surface area (Å²) in [5.41, 5.74) is 2.54. The molecule has 8 heteroatoms. The molecule has 0 spiro atoms. The van der Waals surface area contributed by atoms with Gasteiger partial charge in [0.1, 0.15) is 0 Å². The van der Waals surface area contributed by atoms with E-state index in [0.29, 0.717) is 13.2 Å². The number of aromatic nitrogens is 5. The number of hydrogen-bond acceptors (Lipinski definition) is 6. The van der Waals surface area contributed by atoms with Gasteiger partial charge in [-0.05, 0) is 43.5 Å². The van der Waals surface area contributed by atoms with Gasteiger partial charge in [-0.3, -0.25) is 9.78 Å². The molecule has 0 saturated carbocycles. The van der Waals surface area contributed by atoms with E-state index in [1.165, 1.54) is 0 Å². The van der Waals surface area contributed by atoms with Crippen molar-refractivity contribution in [2.75, 3.05) is 26.3 Å². The molecule has 2 saturated heterocycles. The molecule has 2 fully saturated rings. The van der Waals surface area contributed by atoms with Crippen LogP contribution in [0.5, 0.6) is 0 Å². The van der Waals surface area contributed by atoms with E-state index in [1.54, 1.807) is 12.4 Å². The maximum atomic E-state index is 12.6. The number of likely N-dealkylation sites (tertiary alicyclic amines) is 1. The van der Waals surface area contributed by atoms with Crippen LogP contribution in [0.3, 0.4) is 0 Å². The summed E-state index contributed by atoms with van der Waals surface area (Å²) < 4.78 is 7.21. The van der Waals surface area contributed by atoms with Crippen LogP contribution in [0.1, 0.15) is 31.0 Å². The minimum absolute atomic E-state index is 0.0363. The predicted molar refractivity (Wildman–Crippen MR) is 101 cm³/mol. The molecule has 0 bridgehead atoms. The molecule has 5 heterocycles. The van der Waals surface area contributed by atoms with Crippen molar-refractivity contribution in [3.05, 3.63) is 42.5 Å². The second kappa shape index (κ2) is 7.27. The monoisotopic (exact) mass is 378 g/mol. The van der Waals surface area contributed by atoms with Crippen LogP contribution in [0, 0.1) is 5.92 Å². The number of fused-ring (bicyclic) bond motifs is 1. The smallest absolute Gasteiger partial charge is 0.228 e. The number of rotatable bonds is 3. The highest BCUT2D eigenvalue weighted by Crippen LogP contribution is 2.29. The van der Waals surface area contributed by atoms with E-state index in [2.05, 4.69) is 15.2 Å². The van der Waals surface area contributed by atoms with Crippen molar-refractivity contribution in [3.63, 3.8) is 0 Å². The van der Waals surface area contributed by atoms with Crippen molar-refractivity contribution in [2.45, 2.75) is 25.2 Å². The number of pyridine rings is 1. The number of piperidine rings is 1. The molecule has 28 heavy (non-hydrogen) atoms. The SMILES string of the molecule is O=C(C1CCOC1)N1CCC(c2nnc3ccc(-c4cccnc4)nn23)CC1. The van der Waals surface area contributed by atoms with Gasteiger partial charge in [0.25, 0.3) is 0 Å². The summed E-state index contributed by atoms with van der Waals surface area (Å²) in [4.78, 5) is 18.8. The van der Waals surface area contributed by atoms with E-state index in [9.17, 15) is 4.79 Å². The van der Waals surface area contributed by atoms with Crippen molar-refractivity contribution in [1.82, 2.24) is 29.7 Å². The average Bonchev–Trinajstić information content (AvgIpc) is 3.44. The first kappa shape index (κ1) is 17.2. The molecule has 2 aliphatic heterocycles. The summed E-state index contributed by atoms with van der Waals surface area (Å²) in [6.45, 7) is 2.76. The van der Waals surface area contributed by atoms with Gasteiger partial charge < -0.3 is 9.64 Å². The lowest BCUT2D eigenvalue weighted by atomic mass is 9.95. The number of amides is 1. The van der Waals surface area contributed by atoms with Gasteiger partial charge in [-0.1, -0.05) is 0 Å². The molecular formula is C20H22N6O2. The summed E-state index contributed by atoms with van der Waals surface area (Å²) in [6.07, 6.45) is 6.14. The van der Waals surface area contributed by atoms with Crippen LogP contribution in [-0.2, 0) is 9.53 Å². The largest absolute Gasteiger partial charge is 0.381 e. The van der Waals surface area contributed by atoms with E-state index in [0.717, 1.165) is 55.1 Å². The first-order chi connectivity index (χ1) is 13.8. The number of ether oxygens (including phenoxy) is 1. The zero-order valence-electron chi connectivity index (χ0n) is 15.6. The Morgan fingerprint density at radius 1 is 1.11 bits per heavy atom. The van der Waals surface area contributed by atoms with Gasteiger partial charge in [0.05, 0.1) is 18.2 Å². The molecular weight excluding hydrogens is 356 g/mol. The highest BCUT2D eigenvalue weighted by atomic mass is 16.5. The maximum absolute atomic E-state index is 12.6. The van der Waals surface area contributed by atoms with Crippen LogP contribution in [-0.4, -0.2) is 61.9 Å². The highest BCUT2D eigenvalue weighted by Gasteiger charge is 2.32. The van der Waals surface area contributed by atoms with E-state index < -0.39 is 0 Å². The maximum Gasteiger partial charge on any atom is 0.228 e. The molecule has 0 N–H and O–H groups in total.